The van der Waals surface area contributed by atoms with Crippen LogP contribution in [-0.4, -0.2) is 46.7 Å². The van der Waals surface area contributed by atoms with Crippen LogP contribution in [0.15, 0.2) is 0 Å². The molecule has 206 valence electrons. The molecular weight excluding hydrogens is 513 g/mol. The van der Waals surface area contributed by atoms with Gasteiger partial charge in [0.1, 0.15) is 0 Å². The molecule has 36 heavy (non-hydrogen) atoms. The maximum absolute atomic E-state index is 7.28. The molecule has 6 rings (SSSR count). The van der Waals surface area contributed by atoms with E-state index in [4.69, 9.17) is 17.1 Å². The van der Waals surface area contributed by atoms with Crippen LogP contribution in [0.1, 0.15) is 77.0 Å². The largest absolute Gasteiger partial charge is 0.452 e. The molecule has 5 saturated carbocycles. The van der Waals surface area contributed by atoms with E-state index >= 15 is 0 Å². The third kappa shape index (κ3) is 5.76. The molecule has 9 unspecified atom stereocenters. The Morgan fingerprint density at radius 1 is 0.639 bits per heavy atom. The Balaban J connectivity index is 1.12. The molecule has 8 heteroatoms. The van der Waals surface area contributed by atoms with E-state index in [1.54, 1.807) is 0 Å². The van der Waals surface area contributed by atoms with Crippen molar-refractivity contribution in [1.29, 1.82) is 0 Å². The van der Waals surface area contributed by atoms with Crippen LogP contribution in [-0.2, 0) is 17.1 Å². The summed E-state index contributed by atoms with van der Waals surface area (Å²) in [6, 6.07) is 1.25. The molecule has 0 aromatic carbocycles. The predicted octanol–water partition coefficient (Wildman–Crippen LogP) is 7.71. The van der Waals surface area contributed by atoms with E-state index in [1.807, 2.05) is 0 Å². The average Bonchev–Trinajstić information content (AvgIpc) is 3.26. The van der Waals surface area contributed by atoms with Crippen LogP contribution in [0.25, 0.3) is 0 Å². The first kappa shape index (κ1) is 26.9. The van der Waals surface area contributed by atoms with Gasteiger partial charge in [-0.15, -0.1) is 0 Å². The molecule has 6 fully saturated rings. The lowest BCUT2D eigenvalue weighted by molar-refractivity contribution is 0.273. The summed E-state index contributed by atoms with van der Waals surface area (Å²) in [4.78, 5) is 0. The van der Waals surface area contributed by atoms with Crippen molar-refractivity contribution >= 4 is 34.5 Å². The molecule has 0 spiro atoms. The second-order valence-corrected chi connectivity index (χ2v) is 30.9. The highest BCUT2D eigenvalue weighted by molar-refractivity contribution is 6.85. The molecule has 0 amide bonds. The van der Waals surface area contributed by atoms with E-state index in [1.165, 1.54) is 83.1 Å². The molecule has 1 aliphatic heterocycles. The van der Waals surface area contributed by atoms with Gasteiger partial charge < -0.3 is 17.1 Å². The summed E-state index contributed by atoms with van der Waals surface area (Å²) in [6.45, 7) is 15.0. The van der Waals surface area contributed by atoms with Crippen LogP contribution in [0.4, 0.5) is 0 Å². The first-order valence-corrected chi connectivity index (χ1v) is 26.2. The lowest BCUT2D eigenvalue weighted by Crippen LogP contribution is -2.55. The van der Waals surface area contributed by atoms with E-state index in [2.05, 4.69) is 39.3 Å². The summed E-state index contributed by atoms with van der Waals surface area (Å²) in [6.07, 6.45) is 18.1. The minimum absolute atomic E-state index is 0.588. The molecule has 0 N–H and O–H groups in total. The highest BCUT2D eigenvalue weighted by Crippen LogP contribution is 2.57. The maximum atomic E-state index is 7.28. The zero-order valence-corrected chi connectivity index (χ0v) is 28.3. The quantitative estimate of drug-likeness (QED) is 0.190. The Hall–Kier alpha value is 0.708. The summed E-state index contributed by atoms with van der Waals surface area (Å²) in [5.41, 5.74) is 1.65. The van der Waals surface area contributed by atoms with E-state index < -0.39 is 34.5 Å². The van der Waals surface area contributed by atoms with Crippen LogP contribution in [0.2, 0.25) is 56.4 Å². The highest BCUT2D eigenvalue weighted by atomic mass is 28.5. The second kappa shape index (κ2) is 9.96. The number of fused-ring (bicyclic) bond motifs is 5. The molecule has 9 atom stereocenters. The summed E-state index contributed by atoms with van der Waals surface area (Å²) >= 11 is 0. The molecule has 1 heterocycles. The van der Waals surface area contributed by atoms with Gasteiger partial charge in [-0.1, -0.05) is 32.1 Å². The average molecular weight is 567 g/mol. The van der Waals surface area contributed by atoms with Gasteiger partial charge in [-0.25, -0.2) is 0 Å². The molecule has 1 saturated heterocycles. The molecule has 0 radical (unpaired) electrons. The van der Waals surface area contributed by atoms with Gasteiger partial charge in [0.15, 0.2) is 25.0 Å². The highest BCUT2D eigenvalue weighted by Gasteiger charge is 2.53. The van der Waals surface area contributed by atoms with E-state index in [9.17, 15) is 0 Å². The normalized spacial score (nSPS) is 42.7. The van der Waals surface area contributed by atoms with Crippen molar-refractivity contribution in [2.75, 3.05) is 0 Å². The fourth-order valence-electron chi connectivity index (χ4n) is 9.56. The third-order valence-corrected chi connectivity index (χ3v) is 27.9. The summed E-state index contributed by atoms with van der Waals surface area (Å²) in [5, 5.41) is 0. The van der Waals surface area contributed by atoms with Crippen LogP contribution in [0.3, 0.4) is 0 Å². The molecule has 0 aromatic heterocycles. The number of rotatable bonds is 11. The van der Waals surface area contributed by atoms with E-state index in [-0.39, 0.29) is 0 Å². The lowest BCUT2D eigenvalue weighted by Gasteiger charge is -2.43. The summed E-state index contributed by atoms with van der Waals surface area (Å²) in [5.74, 6) is 4.65. The number of hydrogen-bond donors (Lipinski definition) is 0. The summed E-state index contributed by atoms with van der Waals surface area (Å²) in [7, 11) is -7.76. The Morgan fingerprint density at radius 2 is 1.22 bits per heavy atom. The van der Waals surface area contributed by atoms with Gasteiger partial charge >= 0.3 is 9.53 Å². The zero-order chi connectivity index (χ0) is 25.3. The van der Waals surface area contributed by atoms with Crippen molar-refractivity contribution < 1.29 is 17.1 Å². The van der Waals surface area contributed by atoms with E-state index in [0.717, 1.165) is 40.7 Å². The number of ether oxygens (including phenoxy) is 1. The van der Waals surface area contributed by atoms with E-state index in [0.29, 0.717) is 12.2 Å². The monoisotopic (exact) mass is 566 g/mol. The Labute approximate surface area is 226 Å². The molecule has 5 aliphatic carbocycles. The maximum Gasteiger partial charge on any atom is 0.452 e. The van der Waals surface area contributed by atoms with Crippen molar-refractivity contribution in [2.45, 2.75) is 146 Å². The fourth-order valence-corrected chi connectivity index (χ4v) is 25.1. The van der Waals surface area contributed by atoms with Gasteiger partial charge in [-0.3, -0.25) is 0 Å². The van der Waals surface area contributed by atoms with Gasteiger partial charge in [-0.2, -0.15) is 0 Å². The standard InChI is InChI=1S/C28H54O4Si4/c1-34(2,14-13-20-9-12-25-26(17-20)29-25)30-33(31-35(3,4)27-18-21-7-10-23(27)15-21)32-36(5,6)28-19-22-8-11-24(28)16-22/h20-28,33H,7-19H2,1-6H3. The van der Waals surface area contributed by atoms with Gasteiger partial charge in [0.2, 0.25) is 0 Å². The van der Waals surface area contributed by atoms with Gasteiger partial charge in [0.05, 0.1) is 12.2 Å². The Morgan fingerprint density at radius 3 is 1.69 bits per heavy atom. The third-order valence-electron chi connectivity index (χ3n) is 11.7. The van der Waals surface area contributed by atoms with Gasteiger partial charge in [0, 0.05) is 0 Å². The lowest BCUT2D eigenvalue weighted by atomic mass is 9.88. The smallest absolute Gasteiger partial charge is 0.419 e. The molecular formula is C28H54O4Si4. The van der Waals surface area contributed by atoms with Crippen molar-refractivity contribution in [3.63, 3.8) is 0 Å². The van der Waals surface area contributed by atoms with Crippen LogP contribution in [0, 0.1) is 29.6 Å². The van der Waals surface area contributed by atoms with Crippen LogP contribution in [0.5, 0.6) is 0 Å². The Bertz CT molecular complexity index is 764. The van der Waals surface area contributed by atoms with Crippen molar-refractivity contribution in [2.24, 2.45) is 29.6 Å². The number of epoxide rings is 1. The molecule has 6 aliphatic rings. The first-order valence-electron chi connectivity index (χ1n) is 15.7. The van der Waals surface area contributed by atoms with Gasteiger partial charge in [0.25, 0.3) is 0 Å². The van der Waals surface area contributed by atoms with Crippen LogP contribution >= 0.6 is 0 Å². The minimum atomic E-state index is -2.19. The molecule has 4 nitrogen and oxygen atoms in total. The predicted molar refractivity (Wildman–Crippen MR) is 157 cm³/mol. The fraction of sp³-hybridized carbons (Fsp3) is 1.00. The van der Waals surface area contributed by atoms with Gasteiger partial charge in [-0.05, 0) is 131 Å². The molecule has 0 aromatic rings. The zero-order valence-electron chi connectivity index (χ0n) is 24.1. The topological polar surface area (TPSA) is 40.2 Å². The number of hydrogen-bond acceptors (Lipinski definition) is 4. The SMILES string of the molecule is C[Si](C)(CCC1CCC2OC2C1)O[SiH](O[Si](C)(C)C1CC2CCC1C2)O[Si](C)(C)C1CC2CCC1C2. The van der Waals surface area contributed by atoms with Crippen molar-refractivity contribution in [3.8, 4) is 0 Å². The Kier molecular flexibility index (Phi) is 7.45. The summed E-state index contributed by atoms with van der Waals surface area (Å²) < 4.78 is 27.6. The first-order chi connectivity index (χ1) is 17.0. The molecule has 4 bridgehead atoms. The van der Waals surface area contributed by atoms with Crippen molar-refractivity contribution in [3.05, 3.63) is 0 Å². The van der Waals surface area contributed by atoms with Crippen LogP contribution < -0.4 is 0 Å². The second-order valence-electron chi connectivity index (χ2n) is 15.6. The minimum Gasteiger partial charge on any atom is -0.419 e. The van der Waals surface area contributed by atoms with Crippen molar-refractivity contribution in [1.82, 2.24) is 0 Å².